The molecule has 1 aromatic heterocycles. The number of aliphatic hydroxyl groups excluding tert-OH is 2. The van der Waals surface area contributed by atoms with Gasteiger partial charge in [-0.25, -0.2) is 0 Å². The van der Waals surface area contributed by atoms with Crippen LogP contribution in [0.3, 0.4) is 0 Å². The molecule has 0 aliphatic heterocycles. The second-order valence-corrected chi connectivity index (χ2v) is 3.40. The molecule has 0 aliphatic rings. The molecule has 0 aromatic carbocycles. The zero-order valence-electron chi connectivity index (χ0n) is 8.79. The summed E-state index contributed by atoms with van der Waals surface area (Å²) in [5, 5.41) is 27.3. The van der Waals surface area contributed by atoms with Gasteiger partial charge >= 0.3 is 0 Å². The average molecular weight is 220 g/mol. The van der Waals surface area contributed by atoms with Crippen LogP contribution in [-0.4, -0.2) is 27.1 Å². The molecule has 0 bridgehead atoms. The molecule has 1 rings (SSSR count). The molecule has 0 fully saturated rings. The van der Waals surface area contributed by atoms with Crippen LogP contribution >= 0.6 is 0 Å². The van der Waals surface area contributed by atoms with Gasteiger partial charge in [0.1, 0.15) is 6.10 Å². The fourth-order valence-electron chi connectivity index (χ4n) is 1.19. The Morgan fingerprint density at radius 1 is 1.56 bits per heavy atom. The van der Waals surface area contributed by atoms with Gasteiger partial charge in [0.15, 0.2) is 5.78 Å². The Hall–Kier alpha value is -1.77. The topological polar surface area (TPSA) is 94.2 Å². The van der Waals surface area contributed by atoms with Gasteiger partial charge in [0.25, 0.3) is 0 Å². The van der Waals surface area contributed by atoms with Gasteiger partial charge in [-0.1, -0.05) is 0 Å². The number of nitriles is 1. The molecular formula is C11H12N2O3. The van der Waals surface area contributed by atoms with Gasteiger partial charge in [0.2, 0.25) is 0 Å². The lowest BCUT2D eigenvalue weighted by Gasteiger charge is -2.14. The van der Waals surface area contributed by atoms with E-state index in [2.05, 4.69) is 4.98 Å². The summed E-state index contributed by atoms with van der Waals surface area (Å²) in [6, 6.07) is 4.74. The summed E-state index contributed by atoms with van der Waals surface area (Å²) >= 11 is 0. The molecule has 5 nitrogen and oxygen atoms in total. The highest BCUT2D eigenvalue weighted by atomic mass is 16.3. The summed E-state index contributed by atoms with van der Waals surface area (Å²) in [5.74, 6) is -0.119. The first-order chi connectivity index (χ1) is 7.56. The molecule has 16 heavy (non-hydrogen) atoms. The normalized spacial score (nSPS) is 13.9. The maximum absolute atomic E-state index is 11.0. The van der Waals surface area contributed by atoms with E-state index in [-0.39, 0.29) is 17.9 Å². The molecule has 2 N–H and O–H groups in total. The molecule has 84 valence electrons. The van der Waals surface area contributed by atoms with Gasteiger partial charge in [-0.2, -0.15) is 5.26 Å². The van der Waals surface area contributed by atoms with Crippen molar-refractivity contribution in [3.05, 3.63) is 29.6 Å². The molecule has 5 heteroatoms. The van der Waals surface area contributed by atoms with Gasteiger partial charge in [0, 0.05) is 11.8 Å². The SMILES string of the molecule is CC(=O)c1ccc(C(O)C(O)CC#N)nc1. The lowest BCUT2D eigenvalue weighted by atomic mass is 10.1. The molecular weight excluding hydrogens is 208 g/mol. The fraction of sp³-hybridized carbons (Fsp3) is 0.364. The van der Waals surface area contributed by atoms with Crippen molar-refractivity contribution in [2.75, 3.05) is 0 Å². The van der Waals surface area contributed by atoms with Crippen molar-refractivity contribution in [1.29, 1.82) is 5.26 Å². The average Bonchev–Trinajstić information content (AvgIpc) is 2.28. The van der Waals surface area contributed by atoms with E-state index >= 15 is 0 Å². The third kappa shape index (κ3) is 2.86. The van der Waals surface area contributed by atoms with Crippen molar-refractivity contribution in [3.63, 3.8) is 0 Å². The van der Waals surface area contributed by atoms with Crippen LogP contribution in [0.2, 0.25) is 0 Å². The van der Waals surface area contributed by atoms with E-state index in [1.807, 2.05) is 0 Å². The highest BCUT2D eigenvalue weighted by Gasteiger charge is 2.19. The van der Waals surface area contributed by atoms with Crippen molar-refractivity contribution in [2.24, 2.45) is 0 Å². The van der Waals surface area contributed by atoms with Crippen LogP contribution in [-0.2, 0) is 0 Å². The Bertz CT molecular complexity index is 408. The minimum Gasteiger partial charge on any atom is -0.389 e. The number of aliphatic hydroxyl groups is 2. The van der Waals surface area contributed by atoms with Crippen LogP contribution in [0.15, 0.2) is 18.3 Å². The predicted octanol–water partition coefficient (Wildman–Crippen LogP) is 0.592. The second kappa shape index (κ2) is 5.35. The number of rotatable bonds is 4. The van der Waals surface area contributed by atoms with Crippen LogP contribution in [0.25, 0.3) is 0 Å². The lowest BCUT2D eigenvalue weighted by molar-refractivity contribution is 0.0190. The van der Waals surface area contributed by atoms with Gasteiger partial charge in [-0.15, -0.1) is 0 Å². The zero-order chi connectivity index (χ0) is 12.1. The molecule has 0 amide bonds. The molecule has 0 saturated carbocycles. The number of aromatic nitrogens is 1. The molecule has 0 saturated heterocycles. The van der Waals surface area contributed by atoms with Crippen molar-refractivity contribution in [1.82, 2.24) is 4.98 Å². The largest absolute Gasteiger partial charge is 0.389 e. The summed E-state index contributed by atoms with van der Waals surface area (Å²) in [6.45, 7) is 1.41. The first-order valence-corrected chi connectivity index (χ1v) is 4.76. The summed E-state index contributed by atoms with van der Waals surface area (Å²) in [5.41, 5.74) is 0.679. The smallest absolute Gasteiger partial charge is 0.161 e. The number of carbonyl (C=O) groups is 1. The van der Waals surface area contributed by atoms with Crippen molar-refractivity contribution < 1.29 is 15.0 Å². The number of nitrogens with zero attached hydrogens (tertiary/aromatic N) is 2. The van der Waals surface area contributed by atoms with E-state index in [0.29, 0.717) is 5.56 Å². The van der Waals surface area contributed by atoms with E-state index in [4.69, 9.17) is 5.26 Å². The summed E-state index contributed by atoms with van der Waals surface area (Å²) in [4.78, 5) is 14.8. The zero-order valence-corrected chi connectivity index (χ0v) is 8.79. The maximum Gasteiger partial charge on any atom is 0.161 e. The molecule has 0 aliphatic carbocycles. The fourth-order valence-corrected chi connectivity index (χ4v) is 1.19. The second-order valence-electron chi connectivity index (χ2n) is 3.40. The third-order valence-corrected chi connectivity index (χ3v) is 2.16. The molecule has 1 aromatic rings. The first kappa shape index (κ1) is 12.3. The van der Waals surface area contributed by atoms with E-state index in [1.165, 1.54) is 25.3 Å². The number of pyridine rings is 1. The molecule has 1 heterocycles. The van der Waals surface area contributed by atoms with Crippen LogP contribution in [0, 0.1) is 11.3 Å². The standard InChI is InChI=1S/C11H12N2O3/c1-7(14)8-2-3-9(13-6-8)11(16)10(15)4-5-12/h2-3,6,10-11,15-16H,4H2,1H3. The van der Waals surface area contributed by atoms with Gasteiger partial charge in [-0.3, -0.25) is 9.78 Å². The van der Waals surface area contributed by atoms with Gasteiger partial charge in [-0.05, 0) is 19.1 Å². The minimum atomic E-state index is -1.21. The third-order valence-electron chi connectivity index (χ3n) is 2.16. The van der Waals surface area contributed by atoms with E-state index in [0.717, 1.165) is 0 Å². The number of ketones is 1. The van der Waals surface area contributed by atoms with Crippen LogP contribution in [0.5, 0.6) is 0 Å². The van der Waals surface area contributed by atoms with Crippen molar-refractivity contribution >= 4 is 5.78 Å². The summed E-state index contributed by atoms with van der Waals surface area (Å²) in [6.07, 6.45) is -1.21. The van der Waals surface area contributed by atoms with Gasteiger partial charge in [0.05, 0.1) is 24.3 Å². The number of hydrogen-bond acceptors (Lipinski definition) is 5. The molecule has 0 radical (unpaired) electrons. The quantitative estimate of drug-likeness (QED) is 0.724. The van der Waals surface area contributed by atoms with Crippen LogP contribution < -0.4 is 0 Å². The van der Waals surface area contributed by atoms with E-state index in [1.54, 1.807) is 6.07 Å². The molecule has 2 unspecified atom stereocenters. The Labute approximate surface area is 93.0 Å². The van der Waals surface area contributed by atoms with E-state index in [9.17, 15) is 15.0 Å². The Morgan fingerprint density at radius 2 is 2.25 bits per heavy atom. The van der Waals surface area contributed by atoms with Crippen LogP contribution in [0.1, 0.15) is 35.5 Å². The number of hydrogen-bond donors (Lipinski definition) is 2. The maximum atomic E-state index is 11.0. The summed E-state index contributed by atoms with van der Waals surface area (Å²) < 4.78 is 0. The minimum absolute atomic E-state index is 0.119. The highest BCUT2D eigenvalue weighted by Crippen LogP contribution is 2.16. The lowest BCUT2D eigenvalue weighted by Crippen LogP contribution is -2.18. The Kier molecular flexibility index (Phi) is 4.11. The first-order valence-electron chi connectivity index (χ1n) is 4.76. The predicted molar refractivity (Wildman–Crippen MR) is 55.4 cm³/mol. The Morgan fingerprint density at radius 3 is 2.69 bits per heavy atom. The van der Waals surface area contributed by atoms with Crippen molar-refractivity contribution in [3.8, 4) is 6.07 Å². The highest BCUT2D eigenvalue weighted by molar-refractivity contribution is 5.93. The molecule has 0 spiro atoms. The Balaban J connectivity index is 2.82. The molecule has 2 atom stereocenters. The van der Waals surface area contributed by atoms with Crippen molar-refractivity contribution in [2.45, 2.75) is 25.6 Å². The monoisotopic (exact) mass is 220 g/mol. The van der Waals surface area contributed by atoms with Crippen LogP contribution in [0.4, 0.5) is 0 Å². The number of Topliss-reactive ketones (excluding diaryl/α,β-unsaturated/α-hetero) is 1. The van der Waals surface area contributed by atoms with E-state index < -0.39 is 12.2 Å². The number of carbonyl (C=O) groups excluding carboxylic acids is 1. The summed E-state index contributed by atoms with van der Waals surface area (Å²) in [7, 11) is 0. The van der Waals surface area contributed by atoms with Gasteiger partial charge < -0.3 is 10.2 Å².